The van der Waals surface area contributed by atoms with Gasteiger partial charge < -0.3 is 0 Å². The highest BCUT2D eigenvalue weighted by molar-refractivity contribution is 14.1. The van der Waals surface area contributed by atoms with Crippen molar-refractivity contribution in [3.05, 3.63) is 51.0 Å². The third-order valence-electron chi connectivity index (χ3n) is 6.30. The summed E-state index contributed by atoms with van der Waals surface area (Å²) in [4.78, 5) is 0. The summed E-state index contributed by atoms with van der Waals surface area (Å²) in [6, 6.07) is 7.94. The Morgan fingerprint density at radius 1 is 1.07 bits per heavy atom. The fourth-order valence-corrected chi connectivity index (χ4v) is 6.28. The first-order valence-electron chi connectivity index (χ1n) is 10.6. The van der Waals surface area contributed by atoms with Gasteiger partial charge in [0.25, 0.3) is 0 Å². The zero-order valence-electron chi connectivity index (χ0n) is 16.7. The third kappa shape index (κ3) is 6.17. The van der Waals surface area contributed by atoms with Crippen molar-refractivity contribution in [1.82, 2.24) is 4.72 Å². The molecule has 154 valence electrons. The molecule has 3 nitrogen and oxygen atoms in total. The fraction of sp³-hybridized carbons (Fsp3) is 0.565. The number of hydrogen-bond donors (Lipinski definition) is 1. The van der Waals surface area contributed by atoms with Crippen molar-refractivity contribution in [2.75, 3.05) is 0 Å². The van der Waals surface area contributed by atoms with E-state index in [0.29, 0.717) is 17.8 Å². The Bertz CT molecular complexity index is 777. The van der Waals surface area contributed by atoms with E-state index in [2.05, 4.69) is 46.4 Å². The lowest BCUT2D eigenvalue weighted by atomic mass is 9.61. The smallest absolute Gasteiger partial charge is 0.208 e. The first-order valence-corrected chi connectivity index (χ1v) is 13.2. The highest BCUT2D eigenvalue weighted by Gasteiger charge is 2.44. The molecule has 2 unspecified atom stereocenters. The molecule has 3 aliphatic carbocycles. The van der Waals surface area contributed by atoms with Gasteiger partial charge in [0.2, 0.25) is 10.0 Å². The lowest BCUT2D eigenvalue weighted by Gasteiger charge is -2.48. The predicted octanol–water partition coefficient (Wildman–Crippen LogP) is 6.12. The van der Waals surface area contributed by atoms with Crippen LogP contribution in [0.3, 0.4) is 0 Å². The van der Waals surface area contributed by atoms with Crippen LogP contribution in [0.4, 0.5) is 0 Å². The summed E-state index contributed by atoms with van der Waals surface area (Å²) in [6.07, 6.45) is 15.7. The predicted molar refractivity (Wildman–Crippen MR) is 126 cm³/mol. The summed E-state index contributed by atoms with van der Waals surface area (Å²) in [5, 5.41) is 1.34. The molecule has 0 saturated heterocycles. The molecule has 0 amide bonds. The molecule has 0 heterocycles. The molecule has 0 spiro atoms. The number of rotatable bonds is 9. The maximum absolute atomic E-state index is 12.8. The quantitative estimate of drug-likeness (QED) is 0.246. The molecule has 0 aromatic heterocycles. The standard InChI is InChI=1S/C23H32INO2S/c1-2-3-4-5-6-7-22-19-10-12-20(13-11-19)23(22)25-28(26,27)17-16-18-8-14-21(24)15-9-18/h5-6,8-9,14-17,19-20,22-23,25H,2-4,7,10-13H2,1H3. The number of halogens is 1. The molecule has 3 aliphatic rings. The highest BCUT2D eigenvalue weighted by Crippen LogP contribution is 2.46. The van der Waals surface area contributed by atoms with Gasteiger partial charge in [-0.3, -0.25) is 0 Å². The van der Waals surface area contributed by atoms with E-state index in [-0.39, 0.29) is 6.04 Å². The highest BCUT2D eigenvalue weighted by atomic mass is 127. The van der Waals surface area contributed by atoms with Crippen molar-refractivity contribution in [3.63, 3.8) is 0 Å². The van der Waals surface area contributed by atoms with Crippen LogP contribution in [0.1, 0.15) is 63.9 Å². The summed E-state index contributed by atoms with van der Waals surface area (Å²) >= 11 is 2.25. The van der Waals surface area contributed by atoms with Gasteiger partial charge in [-0.1, -0.05) is 44.1 Å². The Morgan fingerprint density at radius 3 is 2.43 bits per heavy atom. The molecule has 1 aromatic carbocycles. The Balaban J connectivity index is 1.66. The number of benzene rings is 1. The van der Waals surface area contributed by atoms with E-state index in [1.807, 2.05) is 24.3 Å². The van der Waals surface area contributed by atoms with Gasteiger partial charge in [-0.05, 0) is 103 Å². The Morgan fingerprint density at radius 2 is 1.75 bits per heavy atom. The second-order valence-corrected chi connectivity index (χ2v) is 11.1. The van der Waals surface area contributed by atoms with Crippen molar-refractivity contribution in [3.8, 4) is 0 Å². The van der Waals surface area contributed by atoms with Crippen LogP contribution < -0.4 is 4.72 Å². The van der Waals surface area contributed by atoms with Gasteiger partial charge in [0.15, 0.2) is 0 Å². The second-order valence-electron chi connectivity index (χ2n) is 8.23. The number of allylic oxidation sites excluding steroid dienone is 2. The van der Waals surface area contributed by atoms with Crippen molar-refractivity contribution in [2.45, 2.75) is 64.3 Å². The summed E-state index contributed by atoms with van der Waals surface area (Å²) in [6.45, 7) is 2.21. The second kappa shape index (κ2) is 10.4. The summed E-state index contributed by atoms with van der Waals surface area (Å²) in [5.74, 6) is 1.58. The summed E-state index contributed by atoms with van der Waals surface area (Å²) in [7, 11) is -3.44. The molecular formula is C23H32INO2S. The molecule has 2 atom stereocenters. The Kier molecular flexibility index (Phi) is 8.18. The van der Waals surface area contributed by atoms with Gasteiger partial charge in [0.05, 0.1) is 0 Å². The lowest BCUT2D eigenvalue weighted by molar-refractivity contribution is 0.0646. The van der Waals surface area contributed by atoms with Gasteiger partial charge in [-0.25, -0.2) is 13.1 Å². The number of unbranched alkanes of at least 4 members (excludes halogenated alkanes) is 2. The number of sulfonamides is 1. The van der Waals surface area contributed by atoms with Crippen LogP contribution in [0.15, 0.2) is 41.8 Å². The van der Waals surface area contributed by atoms with E-state index in [1.165, 1.54) is 31.1 Å². The van der Waals surface area contributed by atoms with Crippen molar-refractivity contribution in [2.24, 2.45) is 17.8 Å². The molecule has 0 aliphatic heterocycles. The molecule has 3 saturated carbocycles. The van der Waals surface area contributed by atoms with Crippen LogP contribution in [0, 0.1) is 21.3 Å². The maximum Gasteiger partial charge on any atom is 0.233 e. The SMILES string of the molecule is CCCCC=CCC1C2CCC(CC2)C1NS(=O)(=O)C=Cc1ccc(I)cc1. The van der Waals surface area contributed by atoms with E-state index in [9.17, 15) is 8.42 Å². The van der Waals surface area contributed by atoms with Crippen LogP contribution in [0.2, 0.25) is 0 Å². The number of fused-ring (bicyclic) bond motifs is 3. The first kappa shape index (κ1) is 22.0. The largest absolute Gasteiger partial charge is 0.233 e. The van der Waals surface area contributed by atoms with E-state index < -0.39 is 10.0 Å². The van der Waals surface area contributed by atoms with Crippen LogP contribution in [0.5, 0.6) is 0 Å². The fourth-order valence-electron chi connectivity index (χ4n) is 4.76. The molecule has 2 bridgehead atoms. The normalized spacial score (nSPS) is 27.8. The molecule has 4 rings (SSSR count). The van der Waals surface area contributed by atoms with Crippen molar-refractivity contribution < 1.29 is 8.42 Å². The monoisotopic (exact) mass is 513 g/mol. The van der Waals surface area contributed by atoms with Crippen molar-refractivity contribution in [1.29, 1.82) is 0 Å². The average molecular weight is 513 g/mol. The van der Waals surface area contributed by atoms with Crippen LogP contribution in [0.25, 0.3) is 6.08 Å². The van der Waals surface area contributed by atoms with Gasteiger partial charge in [0, 0.05) is 15.0 Å². The summed E-state index contributed by atoms with van der Waals surface area (Å²) < 4.78 is 29.7. The average Bonchev–Trinajstić information content (AvgIpc) is 2.69. The molecule has 3 fully saturated rings. The molecule has 0 radical (unpaired) electrons. The molecule has 28 heavy (non-hydrogen) atoms. The van der Waals surface area contributed by atoms with Crippen LogP contribution in [-0.2, 0) is 10.0 Å². The van der Waals surface area contributed by atoms with Crippen LogP contribution in [-0.4, -0.2) is 14.5 Å². The van der Waals surface area contributed by atoms with Crippen LogP contribution >= 0.6 is 22.6 Å². The first-order chi connectivity index (χ1) is 13.5. The Labute approximate surface area is 184 Å². The topological polar surface area (TPSA) is 46.2 Å². The van der Waals surface area contributed by atoms with Gasteiger partial charge in [0.1, 0.15) is 0 Å². The zero-order valence-corrected chi connectivity index (χ0v) is 19.7. The maximum atomic E-state index is 12.8. The van der Waals surface area contributed by atoms with Gasteiger partial charge in [-0.2, -0.15) is 0 Å². The summed E-state index contributed by atoms with van der Waals surface area (Å²) in [5.41, 5.74) is 0.909. The zero-order chi connectivity index (χ0) is 20.0. The van der Waals surface area contributed by atoms with E-state index in [0.717, 1.165) is 34.8 Å². The molecule has 1 aromatic rings. The molecule has 5 heteroatoms. The van der Waals surface area contributed by atoms with Gasteiger partial charge in [-0.15, -0.1) is 0 Å². The minimum Gasteiger partial charge on any atom is -0.208 e. The number of nitrogens with one attached hydrogen (secondary N) is 1. The lowest BCUT2D eigenvalue weighted by Crippen LogP contribution is -2.52. The minimum absolute atomic E-state index is 0.0784. The van der Waals surface area contributed by atoms with Gasteiger partial charge >= 0.3 is 0 Å². The van der Waals surface area contributed by atoms with E-state index >= 15 is 0 Å². The van der Waals surface area contributed by atoms with Crippen molar-refractivity contribution >= 4 is 38.7 Å². The Hall–Kier alpha value is -0.660. The van der Waals surface area contributed by atoms with E-state index in [1.54, 1.807) is 6.08 Å². The minimum atomic E-state index is -3.44. The third-order valence-corrected chi connectivity index (χ3v) is 8.11. The molecular weight excluding hydrogens is 481 g/mol. The molecule has 1 N–H and O–H groups in total. The number of hydrogen-bond acceptors (Lipinski definition) is 2. The van der Waals surface area contributed by atoms with E-state index in [4.69, 9.17) is 0 Å².